The molecule has 1 saturated heterocycles. The van der Waals surface area contributed by atoms with Crippen molar-refractivity contribution in [3.8, 4) is 0 Å². The fourth-order valence-corrected chi connectivity index (χ4v) is 6.76. The molecule has 5 atom stereocenters. The lowest BCUT2D eigenvalue weighted by atomic mass is 10.0. The standard InChI is InChI=1S/C42H56N10O9/c1-4-5-14-30(48-25(2)53)41(60)51-31-16-17-35(54)44-19-18-32(42(61)52-34(38(57)43-3)21-27-22-45-29-15-10-9-13-28(27)29)49-36(55)23-47-40(59)33(20-26-11-7-6-8-12-26)50-37(56)24-46-39(31)58/h6-13,15,22,30-34,45H,4-5,14,16-21,23-24H2,1-3H3,(H,43,57)(H,44,54)(H,46,58)(H,47,59)(H,48,53)(H,49,55)(H,50,56)(H,51,60)(H,52,61)/t30-,31?,32?,33?,34-/m0/s1. The van der Waals surface area contributed by atoms with Gasteiger partial charge >= 0.3 is 0 Å². The zero-order chi connectivity index (χ0) is 44.3. The highest BCUT2D eigenvalue weighted by Crippen LogP contribution is 2.19. The molecule has 0 bridgehead atoms. The average molecular weight is 845 g/mol. The summed E-state index contributed by atoms with van der Waals surface area (Å²) in [7, 11) is 1.43. The molecule has 19 nitrogen and oxygen atoms in total. The smallest absolute Gasteiger partial charge is 0.243 e. The van der Waals surface area contributed by atoms with Crippen molar-refractivity contribution in [3.63, 3.8) is 0 Å². The molecule has 2 aromatic carbocycles. The molecule has 0 saturated carbocycles. The number of rotatable bonds is 13. The van der Waals surface area contributed by atoms with E-state index in [2.05, 4.69) is 52.8 Å². The summed E-state index contributed by atoms with van der Waals surface area (Å²) in [5.74, 6) is -5.95. The number of para-hydroxylation sites is 1. The molecule has 61 heavy (non-hydrogen) atoms. The van der Waals surface area contributed by atoms with Gasteiger partial charge in [-0.1, -0.05) is 68.3 Å². The molecule has 3 unspecified atom stereocenters. The van der Waals surface area contributed by atoms with E-state index in [9.17, 15) is 43.2 Å². The summed E-state index contributed by atoms with van der Waals surface area (Å²) in [6, 6.07) is 10.4. The van der Waals surface area contributed by atoms with Gasteiger partial charge in [0.25, 0.3) is 0 Å². The summed E-state index contributed by atoms with van der Waals surface area (Å²) in [5.41, 5.74) is 2.28. The van der Waals surface area contributed by atoms with E-state index in [1.54, 1.807) is 36.5 Å². The molecule has 328 valence electrons. The van der Waals surface area contributed by atoms with E-state index < -0.39 is 96.5 Å². The van der Waals surface area contributed by atoms with Gasteiger partial charge in [-0.15, -0.1) is 0 Å². The summed E-state index contributed by atoms with van der Waals surface area (Å²) in [6.45, 7) is 1.84. The SMILES string of the molecule is CCCC[C@H](NC(C)=O)C(=O)NC1CCC(=O)NCCC(C(=O)N[C@@H](Cc2c[nH]c3ccccc23)C(=O)NC)NC(=O)CNC(=O)C(Cc2ccccc2)NC(=O)CNC1=O. The van der Waals surface area contributed by atoms with Crippen LogP contribution in [0.3, 0.4) is 0 Å². The number of amides is 9. The molecular weight excluding hydrogens is 789 g/mol. The van der Waals surface area contributed by atoms with Gasteiger partial charge in [0.15, 0.2) is 0 Å². The quantitative estimate of drug-likeness (QED) is 0.0996. The van der Waals surface area contributed by atoms with Gasteiger partial charge in [-0.2, -0.15) is 0 Å². The second-order valence-corrected chi connectivity index (χ2v) is 14.7. The van der Waals surface area contributed by atoms with Gasteiger partial charge in [0.1, 0.15) is 30.2 Å². The fourth-order valence-electron chi connectivity index (χ4n) is 6.76. The Bertz CT molecular complexity index is 2040. The van der Waals surface area contributed by atoms with E-state index in [-0.39, 0.29) is 38.6 Å². The van der Waals surface area contributed by atoms with Crippen LogP contribution in [0.25, 0.3) is 10.9 Å². The van der Waals surface area contributed by atoms with Gasteiger partial charge in [-0.3, -0.25) is 43.2 Å². The largest absolute Gasteiger partial charge is 0.361 e. The molecule has 0 aliphatic carbocycles. The number of carbonyl (C=O) groups excluding carboxylic acids is 9. The van der Waals surface area contributed by atoms with Crippen LogP contribution in [0.15, 0.2) is 60.8 Å². The number of aromatic nitrogens is 1. The van der Waals surface area contributed by atoms with Crippen molar-refractivity contribution in [1.82, 2.24) is 52.8 Å². The molecule has 0 spiro atoms. The van der Waals surface area contributed by atoms with E-state index in [0.717, 1.165) is 22.9 Å². The first-order valence-electron chi connectivity index (χ1n) is 20.4. The summed E-state index contributed by atoms with van der Waals surface area (Å²) in [5, 5.41) is 24.1. The second-order valence-electron chi connectivity index (χ2n) is 14.7. The average Bonchev–Trinajstić information content (AvgIpc) is 3.65. The normalized spacial score (nSPS) is 19.5. The Morgan fingerprint density at radius 2 is 1.46 bits per heavy atom. The first-order chi connectivity index (χ1) is 29.3. The third-order valence-corrected chi connectivity index (χ3v) is 10.00. The van der Waals surface area contributed by atoms with Gasteiger partial charge in [0.05, 0.1) is 13.1 Å². The van der Waals surface area contributed by atoms with E-state index in [0.29, 0.717) is 18.4 Å². The highest BCUT2D eigenvalue weighted by molar-refractivity contribution is 5.96. The minimum Gasteiger partial charge on any atom is -0.361 e. The van der Waals surface area contributed by atoms with Crippen LogP contribution < -0.4 is 47.9 Å². The van der Waals surface area contributed by atoms with Crippen molar-refractivity contribution >= 4 is 64.1 Å². The van der Waals surface area contributed by atoms with Crippen LogP contribution in [0.4, 0.5) is 0 Å². The van der Waals surface area contributed by atoms with E-state index in [4.69, 9.17) is 0 Å². The van der Waals surface area contributed by atoms with Crippen LogP contribution in [-0.2, 0) is 56.0 Å². The third-order valence-electron chi connectivity index (χ3n) is 10.00. The number of H-pyrrole nitrogens is 1. The number of hydrogen-bond acceptors (Lipinski definition) is 9. The van der Waals surface area contributed by atoms with Gasteiger partial charge in [0.2, 0.25) is 53.2 Å². The molecule has 1 aromatic heterocycles. The van der Waals surface area contributed by atoms with Crippen molar-refractivity contribution in [1.29, 1.82) is 0 Å². The minimum atomic E-state index is -1.31. The summed E-state index contributed by atoms with van der Waals surface area (Å²) >= 11 is 0. The van der Waals surface area contributed by atoms with Gasteiger partial charge in [-0.05, 0) is 36.5 Å². The van der Waals surface area contributed by atoms with Crippen molar-refractivity contribution in [2.45, 2.75) is 95.4 Å². The zero-order valence-corrected chi connectivity index (χ0v) is 34.6. The monoisotopic (exact) mass is 844 g/mol. The topological polar surface area (TPSA) is 278 Å². The summed E-state index contributed by atoms with van der Waals surface area (Å²) < 4.78 is 0. The lowest BCUT2D eigenvalue weighted by molar-refractivity contribution is -0.133. The number of carbonyl (C=O) groups is 9. The fraction of sp³-hybridized carbons (Fsp3) is 0.452. The first kappa shape index (κ1) is 46.9. The number of likely N-dealkylation sites (N-methyl/N-ethyl adjacent to an activating group) is 1. The highest BCUT2D eigenvalue weighted by atomic mass is 16.2. The second kappa shape index (κ2) is 23.7. The number of aromatic amines is 1. The molecule has 9 amide bonds. The van der Waals surface area contributed by atoms with Crippen molar-refractivity contribution in [3.05, 3.63) is 71.9 Å². The van der Waals surface area contributed by atoms with E-state index >= 15 is 0 Å². The van der Waals surface area contributed by atoms with Crippen molar-refractivity contribution < 1.29 is 43.2 Å². The molecule has 0 radical (unpaired) electrons. The van der Waals surface area contributed by atoms with Crippen molar-refractivity contribution in [2.75, 3.05) is 26.7 Å². The molecule has 1 aliphatic rings. The molecule has 1 aliphatic heterocycles. The molecule has 4 rings (SSSR count). The van der Waals surface area contributed by atoms with Gasteiger partial charge < -0.3 is 52.8 Å². The Balaban J connectivity index is 1.57. The Kier molecular flexibility index (Phi) is 18.2. The predicted molar refractivity (Wildman–Crippen MR) is 224 cm³/mol. The van der Waals surface area contributed by atoms with Gasteiger partial charge in [-0.25, -0.2) is 0 Å². The van der Waals surface area contributed by atoms with Gasteiger partial charge in [0, 0.05) is 56.9 Å². The zero-order valence-electron chi connectivity index (χ0n) is 34.6. The molecular formula is C42H56N10O9. The number of benzene rings is 2. The van der Waals surface area contributed by atoms with Crippen LogP contribution in [0.1, 0.15) is 63.5 Å². The highest BCUT2D eigenvalue weighted by Gasteiger charge is 2.30. The predicted octanol–water partition coefficient (Wildman–Crippen LogP) is -1.13. The van der Waals surface area contributed by atoms with Crippen molar-refractivity contribution in [2.24, 2.45) is 0 Å². The Morgan fingerprint density at radius 1 is 0.770 bits per heavy atom. The Labute approximate surface area is 353 Å². The summed E-state index contributed by atoms with van der Waals surface area (Å²) in [6.07, 6.45) is 2.85. The van der Waals surface area contributed by atoms with Crippen LogP contribution in [0.2, 0.25) is 0 Å². The number of hydrogen-bond donors (Lipinski definition) is 10. The number of fused-ring (bicyclic) bond motifs is 1. The third kappa shape index (κ3) is 15.1. The molecule has 1 fully saturated rings. The van der Waals surface area contributed by atoms with Crippen LogP contribution in [-0.4, -0.2) is 115 Å². The number of unbranched alkanes of at least 4 members (excludes halogenated alkanes) is 1. The lowest BCUT2D eigenvalue weighted by Crippen LogP contribution is -2.56. The van der Waals surface area contributed by atoms with Crippen LogP contribution in [0.5, 0.6) is 0 Å². The Hall–Kier alpha value is -6.79. The van der Waals surface area contributed by atoms with E-state index in [1.807, 2.05) is 31.2 Å². The lowest BCUT2D eigenvalue weighted by Gasteiger charge is -2.23. The maximum Gasteiger partial charge on any atom is 0.243 e. The maximum atomic E-state index is 13.9. The molecule has 19 heteroatoms. The first-order valence-corrected chi connectivity index (χ1v) is 20.4. The number of nitrogens with one attached hydrogen (secondary N) is 10. The van der Waals surface area contributed by atoms with Crippen LogP contribution >= 0.6 is 0 Å². The van der Waals surface area contributed by atoms with Crippen LogP contribution in [0, 0.1) is 0 Å². The molecule has 10 N–H and O–H groups in total. The molecule has 2 heterocycles. The minimum absolute atomic E-state index is 0.0189. The maximum absolute atomic E-state index is 13.9. The van der Waals surface area contributed by atoms with E-state index in [1.165, 1.54) is 14.0 Å². The molecule has 3 aromatic rings. The Morgan fingerprint density at radius 3 is 2.16 bits per heavy atom. The summed E-state index contributed by atoms with van der Waals surface area (Å²) in [4.78, 5) is 122.